The number of allylic oxidation sites excluding steroid dienone is 2. The number of unbranched alkanes of at least 4 members (excludes halogenated alkanes) is 3. The summed E-state index contributed by atoms with van der Waals surface area (Å²) in [6.07, 6.45) is 9.07. The summed E-state index contributed by atoms with van der Waals surface area (Å²) in [6, 6.07) is -0.574. The molecule has 0 aliphatic carbocycles. The molecule has 7 heteroatoms. The van der Waals surface area contributed by atoms with Crippen LogP contribution in [0.15, 0.2) is 12.2 Å². The zero-order valence-electron chi connectivity index (χ0n) is 17.4. The van der Waals surface area contributed by atoms with Crippen LogP contribution in [0.4, 0.5) is 0 Å². The average molecular weight is 389 g/mol. The van der Waals surface area contributed by atoms with Gasteiger partial charge in [-0.15, -0.1) is 0 Å². The summed E-state index contributed by atoms with van der Waals surface area (Å²) in [6.45, 7) is 2.28. The molecule has 0 amide bonds. The van der Waals surface area contributed by atoms with Gasteiger partial charge in [0.15, 0.2) is 6.04 Å². The summed E-state index contributed by atoms with van der Waals surface area (Å²) in [7, 11) is 5.44. The maximum absolute atomic E-state index is 11.6. The summed E-state index contributed by atoms with van der Waals surface area (Å²) < 4.78 is 10.6. The third kappa shape index (κ3) is 14.3. The Labute approximate surface area is 163 Å². The molecule has 7 nitrogen and oxygen atoms in total. The van der Waals surface area contributed by atoms with Crippen molar-refractivity contribution >= 4 is 11.9 Å². The van der Waals surface area contributed by atoms with Gasteiger partial charge in [-0.3, -0.25) is 4.79 Å². The Balaban J connectivity index is 3.80. The van der Waals surface area contributed by atoms with Crippen LogP contribution in [-0.4, -0.2) is 79.7 Å². The first-order valence-corrected chi connectivity index (χ1v) is 9.78. The van der Waals surface area contributed by atoms with Crippen molar-refractivity contribution in [2.45, 2.75) is 64.0 Å². The van der Waals surface area contributed by atoms with Crippen LogP contribution in [0.25, 0.3) is 0 Å². The molecular formula is C20H38NO6+. The minimum Gasteiger partial charge on any atom is -0.477 e. The van der Waals surface area contributed by atoms with Crippen molar-refractivity contribution in [1.82, 2.24) is 0 Å². The van der Waals surface area contributed by atoms with Crippen molar-refractivity contribution in [2.24, 2.45) is 0 Å². The maximum atomic E-state index is 11.6. The summed E-state index contributed by atoms with van der Waals surface area (Å²) in [5.74, 6) is -1.22. The molecule has 0 saturated carbocycles. The van der Waals surface area contributed by atoms with Gasteiger partial charge in [0.1, 0.15) is 12.7 Å². The number of aliphatic carboxylic acids is 1. The average Bonchev–Trinajstić information content (AvgIpc) is 2.57. The van der Waals surface area contributed by atoms with E-state index in [1.54, 1.807) is 0 Å². The lowest BCUT2D eigenvalue weighted by Crippen LogP contribution is -2.50. The predicted molar refractivity (Wildman–Crippen MR) is 104 cm³/mol. The van der Waals surface area contributed by atoms with Gasteiger partial charge in [-0.1, -0.05) is 31.9 Å². The molecule has 0 aliphatic heterocycles. The number of carbonyl (C=O) groups is 2. The van der Waals surface area contributed by atoms with Crippen molar-refractivity contribution < 1.29 is 33.8 Å². The van der Waals surface area contributed by atoms with Gasteiger partial charge in [0.25, 0.3) is 0 Å². The summed E-state index contributed by atoms with van der Waals surface area (Å²) in [5.41, 5.74) is 0. The Morgan fingerprint density at radius 3 is 2.33 bits per heavy atom. The molecule has 0 spiro atoms. The smallest absolute Gasteiger partial charge is 0.362 e. The Morgan fingerprint density at radius 2 is 1.74 bits per heavy atom. The third-order valence-electron chi connectivity index (χ3n) is 4.16. The molecule has 158 valence electrons. The quantitative estimate of drug-likeness (QED) is 0.182. The first-order valence-electron chi connectivity index (χ1n) is 9.78. The monoisotopic (exact) mass is 388 g/mol. The Hall–Kier alpha value is -1.44. The number of hydrogen-bond donors (Lipinski definition) is 2. The number of quaternary nitrogens is 1. The number of aliphatic hydroxyl groups is 1. The molecule has 0 saturated heterocycles. The van der Waals surface area contributed by atoms with E-state index in [2.05, 4.69) is 13.0 Å². The lowest BCUT2D eigenvalue weighted by atomic mass is 10.1. The maximum Gasteiger partial charge on any atom is 0.362 e. The van der Waals surface area contributed by atoms with Gasteiger partial charge in [-0.05, 0) is 19.3 Å². The van der Waals surface area contributed by atoms with Crippen LogP contribution >= 0.6 is 0 Å². The first-order chi connectivity index (χ1) is 12.7. The number of carboxylic acid groups (broad SMARTS) is 1. The van der Waals surface area contributed by atoms with Crippen LogP contribution in [0, 0.1) is 0 Å². The number of aliphatic hydroxyl groups excluding tert-OH is 1. The molecule has 0 aliphatic rings. The molecule has 2 unspecified atom stereocenters. The van der Waals surface area contributed by atoms with E-state index >= 15 is 0 Å². The largest absolute Gasteiger partial charge is 0.477 e. The third-order valence-corrected chi connectivity index (χ3v) is 4.16. The number of esters is 1. The van der Waals surface area contributed by atoms with Gasteiger partial charge in [0, 0.05) is 12.8 Å². The number of carbonyl (C=O) groups excluding carboxylic acids is 1. The van der Waals surface area contributed by atoms with Crippen LogP contribution in [-0.2, 0) is 19.1 Å². The Morgan fingerprint density at radius 1 is 1.07 bits per heavy atom. The van der Waals surface area contributed by atoms with Crippen LogP contribution in [0.1, 0.15) is 51.9 Å². The van der Waals surface area contributed by atoms with Crippen LogP contribution in [0.3, 0.4) is 0 Å². The van der Waals surface area contributed by atoms with E-state index < -0.39 is 18.1 Å². The van der Waals surface area contributed by atoms with Crippen LogP contribution < -0.4 is 0 Å². The number of rotatable bonds is 16. The second kappa shape index (κ2) is 14.6. The predicted octanol–water partition coefficient (Wildman–Crippen LogP) is 2.37. The second-order valence-corrected chi connectivity index (χ2v) is 7.68. The van der Waals surface area contributed by atoms with E-state index in [0.29, 0.717) is 23.7 Å². The van der Waals surface area contributed by atoms with Gasteiger partial charge in [0.05, 0.1) is 34.4 Å². The van der Waals surface area contributed by atoms with Gasteiger partial charge >= 0.3 is 11.9 Å². The van der Waals surface area contributed by atoms with Crippen molar-refractivity contribution in [2.75, 3.05) is 41.0 Å². The van der Waals surface area contributed by atoms with E-state index in [0.717, 1.165) is 6.42 Å². The molecule has 0 heterocycles. The van der Waals surface area contributed by atoms with Gasteiger partial charge < -0.3 is 24.2 Å². The normalized spacial score (nSPS) is 14.3. The fraction of sp³-hybridized carbons (Fsp3) is 0.800. The lowest BCUT2D eigenvalue weighted by molar-refractivity contribution is -0.887. The van der Waals surface area contributed by atoms with Gasteiger partial charge in [-0.2, -0.15) is 0 Å². The Kier molecular flexibility index (Phi) is 13.8. The highest BCUT2D eigenvalue weighted by Gasteiger charge is 2.30. The molecule has 27 heavy (non-hydrogen) atoms. The Bertz CT molecular complexity index is 444. The molecule has 2 atom stereocenters. The zero-order chi connectivity index (χ0) is 20.7. The molecule has 2 N–H and O–H groups in total. The van der Waals surface area contributed by atoms with E-state index in [1.165, 1.54) is 19.3 Å². The van der Waals surface area contributed by atoms with Gasteiger partial charge in [0.2, 0.25) is 0 Å². The van der Waals surface area contributed by atoms with Gasteiger partial charge in [-0.25, -0.2) is 4.79 Å². The standard InChI is InChI=1S/C20H37NO6/c1-5-6-7-8-9-10-11-12-19(23)27-16-17(22)15-26-14-13-18(20(24)25)21(2,3)4/h9-10,17-18,22H,5-8,11-16H2,1-4H3/p+1/b10-9+. The number of nitrogens with zero attached hydrogens (tertiary/aromatic N) is 1. The van der Waals surface area contributed by atoms with Crippen molar-refractivity contribution in [3.63, 3.8) is 0 Å². The van der Waals surface area contributed by atoms with Crippen LogP contribution in [0.5, 0.6) is 0 Å². The summed E-state index contributed by atoms with van der Waals surface area (Å²) in [4.78, 5) is 22.9. The summed E-state index contributed by atoms with van der Waals surface area (Å²) in [5, 5.41) is 19.0. The zero-order valence-corrected chi connectivity index (χ0v) is 17.4. The summed E-state index contributed by atoms with van der Waals surface area (Å²) >= 11 is 0. The van der Waals surface area contributed by atoms with E-state index in [4.69, 9.17) is 9.47 Å². The molecular weight excluding hydrogens is 350 g/mol. The molecule has 0 aromatic rings. The SMILES string of the molecule is CCCCC/C=C/CCC(=O)OCC(O)COCCC(C(=O)O)[N+](C)(C)C. The number of likely N-dealkylation sites (N-methyl/N-ethyl adjacent to an activating group) is 1. The fourth-order valence-corrected chi connectivity index (χ4v) is 2.51. The lowest BCUT2D eigenvalue weighted by Gasteiger charge is -2.31. The molecule has 0 radical (unpaired) electrons. The minimum atomic E-state index is -0.911. The van der Waals surface area contributed by atoms with E-state index in [9.17, 15) is 19.8 Å². The van der Waals surface area contributed by atoms with Crippen molar-refractivity contribution in [3.05, 3.63) is 12.2 Å². The molecule has 0 aromatic carbocycles. The highest BCUT2D eigenvalue weighted by atomic mass is 16.5. The molecule has 0 rings (SSSR count). The minimum absolute atomic E-state index is 0.00803. The topological polar surface area (TPSA) is 93.1 Å². The van der Waals surface area contributed by atoms with Crippen molar-refractivity contribution in [1.29, 1.82) is 0 Å². The molecule has 0 bridgehead atoms. The van der Waals surface area contributed by atoms with Crippen molar-refractivity contribution in [3.8, 4) is 0 Å². The molecule has 0 fully saturated rings. The van der Waals surface area contributed by atoms with E-state index in [-0.39, 0.29) is 25.8 Å². The number of ether oxygens (including phenoxy) is 2. The second-order valence-electron chi connectivity index (χ2n) is 7.68. The highest BCUT2D eigenvalue weighted by molar-refractivity contribution is 5.72. The fourth-order valence-electron chi connectivity index (χ4n) is 2.51. The number of hydrogen-bond acceptors (Lipinski definition) is 5. The highest BCUT2D eigenvalue weighted by Crippen LogP contribution is 2.08. The first kappa shape index (κ1) is 25.6. The van der Waals surface area contributed by atoms with Crippen LogP contribution in [0.2, 0.25) is 0 Å². The van der Waals surface area contributed by atoms with E-state index in [1.807, 2.05) is 27.2 Å². The molecule has 0 aromatic heterocycles. The number of carboxylic acids is 1.